The third-order valence-corrected chi connectivity index (χ3v) is 6.09. The molecule has 10 heteroatoms. The lowest BCUT2D eigenvalue weighted by molar-refractivity contribution is -0.176. The fraction of sp³-hybridized carbons (Fsp3) is 0.895. The van der Waals surface area contributed by atoms with E-state index in [0.717, 1.165) is 38.5 Å². The summed E-state index contributed by atoms with van der Waals surface area (Å²) in [5, 5.41) is 4.02. The van der Waals surface area contributed by atoms with Crippen molar-refractivity contribution in [3.05, 3.63) is 0 Å². The summed E-state index contributed by atoms with van der Waals surface area (Å²) in [6.45, 7) is 0. The first kappa shape index (κ1) is 23.8. The summed E-state index contributed by atoms with van der Waals surface area (Å²) in [7, 11) is 0. The van der Waals surface area contributed by atoms with Gasteiger partial charge in [0, 0.05) is 12.1 Å². The first-order chi connectivity index (χ1) is 13.5. The second kappa shape index (κ2) is 10.0. The lowest BCUT2D eigenvalue weighted by atomic mass is 9.76. The molecule has 2 atom stereocenters. The topological polar surface area (TPSA) is 58.2 Å². The van der Waals surface area contributed by atoms with Crippen molar-refractivity contribution < 1.29 is 35.9 Å². The van der Waals surface area contributed by atoms with E-state index in [9.17, 15) is 35.9 Å². The van der Waals surface area contributed by atoms with E-state index < -0.39 is 36.3 Å². The molecule has 0 aromatic rings. The molecule has 2 saturated carbocycles. The lowest BCUT2D eigenvalue weighted by Gasteiger charge is -2.37. The molecule has 0 radical (unpaired) electrons. The molecule has 29 heavy (non-hydrogen) atoms. The first-order valence-corrected chi connectivity index (χ1v) is 10.2. The average Bonchev–Trinajstić information content (AvgIpc) is 2.66. The van der Waals surface area contributed by atoms with E-state index in [-0.39, 0.29) is 18.3 Å². The summed E-state index contributed by atoms with van der Waals surface area (Å²) in [6.07, 6.45) is -2.78. The van der Waals surface area contributed by atoms with Crippen LogP contribution in [0.1, 0.15) is 70.6 Å². The minimum Gasteiger partial charge on any atom is -0.345 e. The van der Waals surface area contributed by atoms with Crippen LogP contribution in [0.3, 0.4) is 0 Å². The smallest absolute Gasteiger partial charge is 0.345 e. The van der Waals surface area contributed by atoms with Gasteiger partial charge >= 0.3 is 24.2 Å². The zero-order valence-corrected chi connectivity index (χ0v) is 16.2. The SMILES string of the molecule is O=C(N[C@@H](C[C@H](NC(=O)C(F)(F)F)C1CCCCC1)C1CCCCC1)C(F)(F)F. The van der Waals surface area contributed by atoms with E-state index in [2.05, 4.69) is 0 Å². The van der Waals surface area contributed by atoms with Gasteiger partial charge in [0.15, 0.2) is 0 Å². The van der Waals surface area contributed by atoms with Crippen LogP contribution >= 0.6 is 0 Å². The molecule has 2 rings (SSSR count). The fourth-order valence-corrected chi connectivity index (χ4v) is 4.59. The Morgan fingerprint density at radius 3 is 1.24 bits per heavy atom. The summed E-state index contributed by atoms with van der Waals surface area (Å²) < 4.78 is 76.8. The van der Waals surface area contributed by atoms with Gasteiger partial charge < -0.3 is 10.6 Å². The molecule has 0 aliphatic heterocycles. The molecule has 0 spiro atoms. The summed E-state index contributed by atoms with van der Waals surface area (Å²) in [4.78, 5) is 23.1. The van der Waals surface area contributed by atoms with E-state index >= 15 is 0 Å². The minimum absolute atomic E-state index is 0.126. The van der Waals surface area contributed by atoms with Crippen LogP contribution in [0.15, 0.2) is 0 Å². The molecule has 4 nitrogen and oxygen atoms in total. The van der Waals surface area contributed by atoms with Gasteiger partial charge in [-0.05, 0) is 43.9 Å². The molecule has 168 valence electrons. The number of carbonyl (C=O) groups excluding carboxylic acids is 2. The maximum absolute atomic E-state index is 12.8. The van der Waals surface area contributed by atoms with Gasteiger partial charge in [-0.3, -0.25) is 9.59 Å². The highest BCUT2D eigenvalue weighted by Gasteiger charge is 2.44. The van der Waals surface area contributed by atoms with Crippen LogP contribution in [0.2, 0.25) is 0 Å². The monoisotopic (exact) mass is 430 g/mol. The Hall–Kier alpha value is -1.48. The quantitative estimate of drug-likeness (QED) is 0.604. The van der Waals surface area contributed by atoms with Crippen molar-refractivity contribution in [3.8, 4) is 0 Å². The van der Waals surface area contributed by atoms with E-state index in [1.807, 2.05) is 10.6 Å². The molecular formula is C19H28F6N2O2. The maximum atomic E-state index is 12.8. The highest BCUT2D eigenvalue weighted by molar-refractivity contribution is 5.82. The van der Waals surface area contributed by atoms with Crippen molar-refractivity contribution in [2.24, 2.45) is 11.8 Å². The van der Waals surface area contributed by atoms with E-state index in [1.165, 1.54) is 0 Å². The second-order valence-corrected chi connectivity index (χ2v) is 8.19. The molecule has 2 aliphatic rings. The molecule has 0 aromatic carbocycles. The Labute approximate surface area is 166 Å². The van der Waals surface area contributed by atoms with Gasteiger partial charge in [-0.15, -0.1) is 0 Å². The molecular weight excluding hydrogens is 402 g/mol. The number of rotatable bonds is 6. The molecule has 2 N–H and O–H groups in total. The summed E-state index contributed by atoms with van der Waals surface area (Å²) in [5.74, 6) is -4.66. The van der Waals surface area contributed by atoms with Crippen molar-refractivity contribution in [3.63, 3.8) is 0 Å². The summed E-state index contributed by atoms with van der Waals surface area (Å²) in [5.41, 5.74) is 0. The van der Waals surface area contributed by atoms with Crippen LogP contribution in [-0.2, 0) is 9.59 Å². The zero-order chi connectivity index (χ0) is 21.7. The predicted molar refractivity (Wildman–Crippen MR) is 93.7 cm³/mol. The fourth-order valence-electron chi connectivity index (χ4n) is 4.59. The van der Waals surface area contributed by atoms with E-state index in [1.54, 1.807) is 0 Å². The Morgan fingerprint density at radius 2 is 0.966 bits per heavy atom. The van der Waals surface area contributed by atoms with Crippen LogP contribution in [0, 0.1) is 11.8 Å². The average molecular weight is 430 g/mol. The standard InChI is InChI=1S/C19H28F6N2O2/c20-18(21,22)16(28)26-14(12-7-3-1-4-8-12)11-15(13-9-5-2-6-10-13)27-17(29)19(23,24)25/h12-15H,1-11H2,(H,26,28)(H,27,29)/t14-,15-/m0/s1. The van der Waals surface area contributed by atoms with Crippen LogP contribution in [0.5, 0.6) is 0 Å². The maximum Gasteiger partial charge on any atom is 0.471 e. The first-order valence-electron chi connectivity index (χ1n) is 10.2. The van der Waals surface area contributed by atoms with Crippen LogP contribution in [0.4, 0.5) is 26.3 Å². The molecule has 0 aromatic heterocycles. The highest BCUT2D eigenvalue weighted by atomic mass is 19.4. The number of hydrogen-bond donors (Lipinski definition) is 2. The van der Waals surface area contributed by atoms with Gasteiger partial charge in [0.1, 0.15) is 0 Å². The summed E-state index contributed by atoms with van der Waals surface area (Å²) >= 11 is 0. The summed E-state index contributed by atoms with van der Waals surface area (Å²) in [6, 6.07) is -1.85. The number of hydrogen-bond acceptors (Lipinski definition) is 2. The van der Waals surface area contributed by atoms with Crippen molar-refractivity contribution in [1.29, 1.82) is 0 Å². The van der Waals surface area contributed by atoms with Gasteiger partial charge in [0.05, 0.1) is 0 Å². The number of halogens is 6. The third-order valence-electron chi connectivity index (χ3n) is 6.09. The Bertz CT molecular complexity index is 504. The molecule has 2 aliphatic carbocycles. The van der Waals surface area contributed by atoms with Gasteiger partial charge in [-0.2, -0.15) is 26.3 Å². The van der Waals surface area contributed by atoms with Crippen LogP contribution in [0.25, 0.3) is 0 Å². The van der Waals surface area contributed by atoms with Crippen LogP contribution in [-0.4, -0.2) is 36.3 Å². The van der Waals surface area contributed by atoms with E-state index in [4.69, 9.17) is 0 Å². The van der Waals surface area contributed by atoms with Gasteiger partial charge in [-0.1, -0.05) is 38.5 Å². The number of nitrogens with one attached hydrogen (secondary N) is 2. The normalized spacial score (nSPS) is 22.0. The number of carbonyl (C=O) groups is 2. The third kappa shape index (κ3) is 7.37. The minimum atomic E-state index is -5.07. The molecule has 0 saturated heterocycles. The molecule has 0 bridgehead atoms. The van der Waals surface area contributed by atoms with Crippen molar-refractivity contribution >= 4 is 11.8 Å². The Balaban J connectivity index is 2.19. The largest absolute Gasteiger partial charge is 0.471 e. The van der Waals surface area contributed by atoms with Gasteiger partial charge in [-0.25, -0.2) is 0 Å². The van der Waals surface area contributed by atoms with Gasteiger partial charge in [0.25, 0.3) is 0 Å². The van der Waals surface area contributed by atoms with E-state index in [0.29, 0.717) is 25.7 Å². The van der Waals surface area contributed by atoms with Crippen molar-refractivity contribution in [2.75, 3.05) is 0 Å². The Kier molecular flexibility index (Phi) is 8.22. The molecule has 2 amide bonds. The molecule has 0 heterocycles. The van der Waals surface area contributed by atoms with Crippen LogP contribution < -0.4 is 10.6 Å². The van der Waals surface area contributed by atoms with Crippen molar-refractivity contribution in [1.82, 2.24) is 10.6 Å². The van der Waals surface area contributed by atoms with Crippen molar-refractivity contribution in [2.45, 2.75) is 95.1 Å². The molecule has 2 fully saturated rings. The molecule has 0 unspecified atom stereocenters. The van der Waals surface area contributed by atoms with Gasteiger partial charge in [0.2, 0.25) is 0 Å². The lowest BCUT2D eigenvalue weighted by Crippen LogP contribution is -2.53. The number of amides is 2. The highest BCUT2D eigenvalue weighted by Crippen LogP contribution is 2.34. The Morgan fingerprint density at radius 1 is 0.655 bits per heavy atom. The predicted octanol–water partition coefficient (Wildman–Crippen LogP) is 4.63. The number of alkyl halides is 6. The zero-order valence-electron chi connectivity index (χ0n) is 16.2. The second-order valence-electron chi connectivity index (χ2n) is 8.19.